The summed E-state index contributed by atoms with van der Waals surface area (Å²) in [6.45, 7) is 5.72. The maximum Gasteiger partial charge on any atom is 0.410 e. The number of aromatic hydroxyl groups is 2. The summed E-state index contributed by atoms with van der Waals surface area (Å²) >= 11 is 0. The van der Waals surface area contributed by atoms with Gasteiger partial charge in [0.15, 0.2) is 0 Å². The van der Waals surface area contributed by atoms with E-state index in [0.717, 1.165) is 5.39 Å². The molecule has 1 fully saturated rings. The Bertz CT molecular complexity index is 1400. The van der Waals surface area contributed by atoms with E-state index in [9.17, 15) is 24.6 Å². The lowest BCUT2D eigenvalue weighted by atomic mass is 10.0. The van der Waals surface area contributed by atoms with E-state index in [0.29, 0.717) is 36.1 Å². The Morgan fingerprint density at radius 1 is 0.950 bits per heavy atom. The molecular weight excluding hydrogens is 516 g/mol. The Balaban J connectivity index is 1.61. The first kappa shape index (κ1) is 28.5. The number of phenols is 2. The average molecular weight is 551 g/mol. The molecule has 1 aliphatic rings. The van der Waals surface area contributed by atoms with E-state index < -0.39 is 35.7 Å². The molecule has 0 bridgehead atoms. The van der Waals surface area contributed by atoms with E-state index in [-0.39, 0.29) is 23.6 Å². The minimum atomic E-state index is -0.773. The van der Waals surface area contributed by atoms with Crippen LogP contribution in [0.5, 0.6) is 17.2 Å². The number of nitrogens with one attached hydrogen (secondary N) is 1. The number of hydrogen-bond acceptors (Lipinski definition) is 8. The van der Waals surface area contributed by atoms with Crippen LogP contribution in [0.4, 0.5) is 4.79 Å². The third-order valence-electron chi connectivity index (χ3n) is 6.50. The largest absolute Gasteiger partial charge is 0.508 e. The zero-order valence-electron chi connectivity index (χ0n) is 23.0. The third kappa shape index (κ3) is 6.93. The number of amides is 2. The molecule has 212 valence electrons. The van der Waals surface area contributed by atoms with Crippen LogP contribution in [0.3, 0.4) is 0 Å². The van der Waals surface area contributed by atoms with Gasteiger partial charge in [0.2, 0.25) is 0 Å². The van der Waals surface area contributed by atoms with E-state index in [4.69, 9.17) is 14.2 Å². The molecule has 1 heterocycles. The lowest BCUT2D eigenvalue weighted by Gasteiger charge is -2.30. The van der Waals surface area contributed by atoms with Crippen molar-refractivity contribution in [3.63, 3.8) is 0 Å². The summed E-state index contributed by atoms with van der Waals surface area (Å²) < 4.78 is 17.0. The summed E-state index contributed by atoms with van der Waals surface area (Å²) in [5, 5.41) is 23.8. The van der Waals surface area contributed by atoms with Crippen LogP contribution >= 0.6 is 0 Å². The molecule has 0 saturated carbocycles. The highest BCUT2D eigenvalue weighted by Gasteiger charge is 2.35. The Morgan fingerprint density at radius 2 is 1.65 bits per heavy atom. The number of methoxy groups -OCH3 is 1. The number of phenolic OH excluding ortho intramolecular Hbond substituents is 2. The summed E-state index contributed by atoms with van der Waals surface area (Å²) in [7, 11) is 1.45. The fourth-order valence-electron chi connectivity index (χ4n) is 4.56. The zero-order chi connectivity index (χ0) is 29.0. The molecule has 0 spiro atoms. The summed E-state index contributed by atoms with van der Waals surface area (Å²) in [4.78, 5) is 41.0. The second-order valence-electron chi connectivity index (χ2n) is 10.7. The fourth-order valence-corrected chi connectivity index (χ4v) is 4.56. The summed E-state index contributed by atoms with van der Waals surface area (Å²) in [5.41, 5.74) is -0.245. The molecular formula is C30H34N2O8. The van der Waals surface area contributed by atoms with Crippen molar-refractivity contribution in [2.45, 2.75) is 51.4 Å². The molecule has 0 aliphatic carbocycles. The highest BCUT2D eigenvalue weighted by Crippen LogP contribution is 2.30. The van der Waals surface area contributed by atoms with Gasteiger partial charge < -0.3 is 34.6 Å². The molecule has 3 N–H and O–H groups in total. The molecule has 1 saturated heterocycles. The first-order valence-corrected chi connectivity index (χ1v) is 13.0. The van der Waals surface area contributed by atoms with Gasteiger partial charge in [-0.05, 0) is 92.9 Å². The van der Waals surface area contributed by atoms with Gasteiger partial charge in [-0.1, -0.05) is 6.07 Å². The van der Waals surface area contributed by atoms with Crippen molar-refractivity contribution in [1.82, 2.24) is 10.2 Å². The van der Waals surface area contributed by atoms with E-state index in [1.54, 1.807) is 45.0 Å². The molecule has 10 nitrogen and oxygen atoms in total. The Morgan fingerprint density at radius 3 is 2.33 bits per heavy atom. The molecule has 2 amide bonds. The van der Waals surface area contributed by atoms with Gasteiger partial charge in [0.1, 0.15) is 34.5 Å². The number of esters is 1. The number of rotatable bonds is 5. The van der Waals surface area contributed by atoms with Crippen LogP contribution < -0.4 is 10.1 Å². The van der Waals surface area contributed by atoms with Crippen LogP contribution in [0.1, 0.15) is 54.3 Å². The number of likely N-dealkylation sites (tertiary alicyclic amines) is 1. The molecule has 3 aromatic rings. The zero-order valence-corrected chi connectivity index (χ0v) is 23.0. The molecule has 40 heavy (non-hydrogen) atoms. The fraction of sp³-hybridized carbons (Fsp3) is 0.367. The van der Waals surface area contributed by atoms with E-state index in [1.807, 2.05) is 0 Å². The van der Waals surface area contributed by atoms with Crippen molar-refractivity contribution < 1.29 is 38.8 Å². The second kappa shape index (κ2) is 11.7. The standard InChI is InChI=1S/C30H34N2O8/c1-30(2,3)40-29(37)32-13-5-6-25(24(17-32)31-27(35)18-7-10-21(33)11-8-18)39-28(36)23-15-20-14-22(34)12-9-19(20)16-26(23)38-4/h7-12,14-16,24-25,33-34H,5-6,13,17H2,1-4H3,(H,31,35)/t24-,25-/m1/s1. The van der Waals surface area contributed by atoms with Crippen LogP contribution in [0.2, 0.25) is 0 Å². The molecule has 0 unspecified atom stereocenters. The van der Waals surface area contributed by atoms with Crippen molar-refractivity contribution in [3.8, 4) is 17.2 Å². The van der Waals surface area contributed by atoms with Gasteiger partial charge in [-0.25, -0.2) is 9.59 Å². The van der Waals surface area contributed by atoms with Crippen molar-refractivity contribution >= 4 is 28.7 Å². The minimum Gasteiger partial charge on any atom is -0.508 e. The van der Waals surface area contributed by atoms with Gasteiger partial charge in [0.05, 0.1) is 13.2 Å². The predicted molar refractivity (Wildman–Crippen MR) is 148 cm³/mol. The number of hydrogen-bond donors (Lipinski definition) is 3. The first-order chi connectivity index (χ1) is 18.9. The quantitative estimate of drug-likeness (QED) is 0.392. The second-order valence-corrected chi connectivity index (χ2v) is 10.7. The highest BCUT2D eigenvalue weighted by molar-refractivity contribution is 5.99. The predicted octanol–water partition coefficient (Wildman–Crippen LogP) is 4.61. The van der Waals surface area contributed by atoms with E-state index >= 15 is 0 Å². The van der Waals surface area contributed by atoms with Gasteiger partial charge in [0.25, 0.3) is 5.91 Å². The number of carbonyl (C=O) groups is 3. The van der Waals surface area contributed by atoms with Gasteiger partial charge in [0, 0.05) is 18.7 Å². The lowest BCUT2D eigenvalue weighted by molar-refractivity contribution is 0.0125. The van der Waals surface area contributed by atoms with Gasteiger partial charge in [-0.2, -0.15) is 0 Å². The van der Waals surface area contributed by atoms with Crippen LogP contribution in [0, 0.1) is 0 Å². The Labute approximate surface area is 232 Å². The normalized spacial score (nSPS) is 17.6. The number of nitrogens with zero attached hydrogens (tertiary/aromatic N) is 1. The first-order valence-electron chi connectivity index (χ1n) is 13.0. The average Bonchev–Trinajstić information content (AvgIpc) is 3.09. The molecule has 0 aromatic heterocycles. The molecule has 2 atom stereocenters. The van der Waals surface area contributed by atoms with E-state index in [1.165, 1.54) is 42.3 Å². The number of fused-ring (bicyclic) bond motifs is 1. The van der Waals surface area contributed by atoms with Crippen LogP contribution in [-0.4, -0.2) is 71.0 Å². The van der Waals surface area contributed by atoms with Gasteiger partial charge in [-0.15, -0.1) is 0 Å². The van der Waals surface area contributed by atoms with Crippen LogP contribution in [0.15, 0.2) is 54.6 Å². The van der Waals surface area contributed by atoms with Crippen molar-refractivity contribution in [1.29, 1.82) is 0 Å². The lowest BCUT2D eigenvalue weighted by Crippen LogP contribution is -2.51. The number of ether oxygens (including phenoxy) is 3. The summed E-state index contributed by atoms with van der Waals surface area (Å²) in [6.07, 6.45) is -0.418. The number of carbonyl (C=O) groups excluding carboxylic acids is 3. The monoisotopic (exact) mass is 550 g/mol. The molecule has 3 aromatic carbocycles. The van der Waals surface area contributed by atoms with Crippen molar-refractivity contribution in [2.24, 2.45) is 0 Å². The molecule has 0 radical (unpaired) electrons. The SMILES string of the molecule is COc1cc2ccc(O)cc2cc1C(=O)O[C@@H]1CCCN(C(=O)OC(C)(C)C)C[C@H]1NC(=O)c1ccc(O)cc1. The summed E-state index contributed by atoms with van der Waals surface area (Å²) in [6, 6.07) is 13.1. The van der Waals surface area contributed by atoms with Gasteiger partial charge >= 0.3 is 12.1 Å². The Kier molecular flexibility index (Phi) is 8.37. The smallest absolute Gasteiger partial charge is 0.410 e. The third-order valence-corrected chi connectivity index (χ3v) is 6.50. The number of benzene rings is 3. The Hall–Kier alpha value is -4.47. The maximum absolute atomic E-state index is 13.5. The highest BCUT2D eigenvalue weighted by atomic mass is 16.6. The van der Waals surface area contributed by atoms with Crippen molar-refractivity contribution in [3.05, 3.63) is 65.7 Å². The molecule has 10 heteroatoms. The maximum atomic E-state index is 13.5. The van der Waals surface area contributed by atoms with Gasteiger partial charge in [-0.3, -0.25) is 4.79 Å². The topological polar surface area (TPSA) is 135 Å². The van der Waals surface area contributed by atoms with Crippen LogP contribution in [0.25, 0.3) is 10.8 Å². The van der Waals surface area contributed by atoms with Crippen molar-refractivity contribution in [2.75, 3.05) is 20.2 Å². The van der Waals surface area contributed by atoms with Crippen LogP contribution in [-0.2, 0) is 9.47 Å². The van der Waals surface area contributed by atoms with E-state index in [2.05, 4.69) is 5.32 Å². The molecule has 4 rings (SSSR count). The molecule has 1 aliphatic heterocycles. The minimum absolute atomic E-state index is 0.0200. The summed E-state index contributed by atoms with van der Waals surface area (Å²) in [5.74, 6) is -0.735.